The first-order valence-electron chi connectivity index (χ1n) is 9.50. The van der Waals surface area contributed by atoms with Crippen LogP contribution in [0.15, 0.2) is 29.2 Å². The number of carbonyl (C=O) groups excluding carboxylic acids is 1. The lowest BCUT2D eigenvalue weighted by Gasteiger charge is -2.17. The van der Waals surface area contributed by atoms with Crippen LogP contribution in [-0.2, 0) is 11.3 Å². The van der Waals surface area contributed by atoms with Crippen LogP contribution in [0.5, 0.6) is 0 Å². The molecule has 1 fully saturated rings. The summed E-state index contributed by atoms with van der Waals surface area (Å²) in [6.07, 6.45) is 3.52. The predicted octanol–water partition coefficient (Wildman–Crippen LogP) is 1.37. The molecular formula is C20H23N5O3. The van der Waals surface area contributed by atoms with Gasteiger partial charge in [0.25, 0.3) is 11.5 Å². The van der Waals surface area contributed by atoms with Gasteiger partial charge in [-0.05, 0) is 44.4 Å². The Bertz CT molecular complexity index is 1190. The third-order valence-electron chi connectivity index (χ3n) is 5.05. The molecule has 0 saturated carbocycles. The monoisotopic (exact) mass is 381 g/mol. The smallest absolute Gasteiger partial charge is 0.267 e. The Kier molecular flexibility index (Phi) is 4.72. The maximum absolute atomic E-state index is 13.2. The molecule has 1 aliphatic rings. The number of aromatic nitrogens is 3. The summed E-state index contributed by atoms with van der Waals surface area (Å²) in [5.74, 6) is -0.371. The Hall–Kier alpha value is -3.00. The van der Waals surface area contributed by atoms with Crippen LogP contribution in [0.1, 0.15) is 35.7 Å². The molecule has 1 saturated heterocycles. The number of rotatable bonds is 4. The molecule has 4 rings (SSSR count). The molecule has 1 amide bonds. The second kappa shape index (κ2) is 7.20. The minimum atomic E-state index is -0.371. The number of pyridine rings is 2. The topological polar surface area (TPSA) is 101 Å². The molecule has 0 bridgehead atoms. The second-order valence-corrected chi connectivity index (χ2v) is 7.10. The van der Waals surface area contributed by atoms with Gasteiger partial charge in [0.05, 0.1) is 23.6 Å². The van der Waals surface area contributed by atoms with Gasteiger partial charge in [0, 0.05) is 19.3 Å². The lowest BCUT2D eigenvalue weighted by atomic mass is 10.1. The number of amides is 1. The van der Waals surface area contributed by atoms with Gasteiger partial charge >= 0.3 is 0 Å². The predicted molar refractivity (Wildman–Crippen MR) is 105 cm³/mol. The van der Waals surface area contributed by atoms with Crippen LogP contribution in [0.25, 0.3) is 16.7 Å². The molecule has 146 valence electrons. The molecule has 0 aromatic carbocycles. The average molecular weight is 381 g/mol. The quantitative estimate of drug-likeness (QED) is 0.667. The number of nitrogens with zero attached hydrogens (tertiary/aromatic N) is 3. The van der Waals surface area contributed by atoms with Crippen LogP contribution in [0.3, 0.4) is 0 Å². The van der Waals surface area contributed by atoms with Crippen LogP contribution in [0.4, 0.5) is 0 Å². The summed E-state index contributed by atoms with van der Waals surface area (Å²) in [6.45, 7) is 5.23. The SMILES string of the molecule is CCNC(=O)c1cc2c(=O)n3cc(C)ccc3nc2n(CC2CCCO2)c1=N. The standard InChI is InChI=1S/C20H23N5O3/c1-3-22-19(26)14-9-15-18(25(17(14)21)11-13-5-4-8-28-13)23-16-7-6-12(2)10-24(16)20(15)27/h6-7,9-10,13,21H,3-5,8,11H2,1-2H3,(H,22,26). The van der Waals surface area contributed by atoms with Crippen molar-refractivity contribution in [1.29, 1.82) is 5.41 Å². The van der Waals surface area contributed by atoms with Gasteiger partial charge in [0.15, 0.2) is 0 Å². The van der Waals surface area contributed by atoms with E-state index in [9.17, 15) is 9.59 Å². The van der Waals surface area contributed by atoms with Gasteiger partial charge in [-0.25, -0.2) is 4.98 Å². The second-order valence-electron chi connectivity index (χ2n) is 7.10. The Morgan fingerprint density at radius 1 is 1.43 bits per heavy atom. The first kappa shape index (κ1) is 18.4. The molecule has 3 aromatic heterocycles. The summed E-state index contributed by atoms with van der Waals surface area (Å²) in [7, 11) is 0. The van der Waals surface area contributed by atoms with Gasteiger partial charge in [-0.15, -0.1) is 0 Å². The average Bonchev–Trinajstić information content (AvgIpc) is 3.18. The van der Waals surface area contributed by atoms with Crippen LogP contribution in [0.2, 0.25) is 0 Å². The van der Waals surface area contributed by atoms with E-state index >= 15 is 0 Å². The minimum absolute atomic E-state index is 0.0392. The van der Waals surface area contributed by atoms with Gasteiger partial charge < -0.3 is 14.6 Å². The van der Waals surface area contributed by atoms with Gasteiger partial charge in [0.1, 0.15) is 16.8 Å². The van der Waals surface area contributed by atoms with Gasteiger partial charge in [-0.2, -0.15) is 0 Å². The van der Waals surface area contributed by atoms with Crippen molar-refractivity contribution in [2.45, 2.75) is 39.3 Å². The third-order valence-corrected chi connectivity index (χ3v) is 5.05. The lowest BCUT2D eigenvalue weighted by Crippen LogP contribution is -2.36. The van der Waals surface area contributed by atoms with Crippen molar-refractivity contribution < 1.29 is 9.53 Å². The fourth-order valence-electron chi connectivity index (χ4n) is 3.64. The van der Waals surface area contributed by atoms with Crippen molar-refractivity contribution in [1.82, 2.24) is 19.3 Å². The summed E-state index contributed by atoms with van der Waals surface area (Å²) in [4.78, 5) is 30.3. The highest BCUT2D eigenvalue weighted by atomic mass is 16.5. The highest BCUT2D eigenvalue weighted by Crippen LogP contribution is 2.17. The first-order valence-corrected chi connectivity index (χ1v) is 9.50. The van der Waals surface area contributed by atoms with Crippen molar-refractivity contribution in [2.24, 2.45) is 0 Å². The Morgan fingerprint density at radius 2 is 2.25 bits per heavy atom. The zero-order chi connectivity index (χ0) is 19.8. The zero-order valence-corrected chi connectivity index (χ0v) is 16.0. The van der Waals surface area contributed by atoms with E-state index < -0.39 is 0 Å². The normalized spacial score (nSPS) is 16.7. The summed E-state index contributed by atoms with van der Waals surface area (Å²) in [5, 5.41) is 11.7. The molecule has 28 heavy (non-hydrogen) atoms. The molecule has 1 atom stereocenters. The number of hydrogen-bond acceptors (Lipinski definition) is 5. The van der Waals surface area contributed by atoms with Crippen molar-refractivity contribution in [2.75, 3.05) is 13.2 Å². The molecule has 0 aliphatic carbocycles. The van der Waals surface area contributed by atoms with E-state index in [-0.39, 0.29) is 28.6 Å². The van der Waals surface area contributed by atoms with Crippen LogP contribution >= 0.6 is 0 Å². The molecule has 0 radical (unpaired) electrons. The fraction of sp³-hybridized carbons (Fsp3) is 0.400. The van der Waals surface area contributed by atoms with Gasteiger partial charge in [-0.1, -0.05) is 6.07 Å². The molecule has 8 heteroatoms. The maximum atomic E-state index is 13.2. The molecule has 8 nitrogen and oxygen atoms in total. The van der Waals surface area contributed by atoms with Crippen molar-refractivity contribution >= 4 is 22.6 Å². The molecular weight excluding hydrogens is 358 g/mol. The Balaban J connectivity index is 2.04. The maximum Gasteiger partial charge on any atom is 0.267 e. The number of carbonyl (C=O) groups is 1. The largest absolute Gasteiger partial charge is 0.376 e. The van der Waals surface area contributed by atoms with E-state index in [0.717, 1.165) is 18.4 Å². The van der Waals surface area contributed by atoms with E-state index in [1.165, 1.54) is 10.5 Å². The molecule has 3 aromatic rings. The fourth-order valence-corrected chi connectivity index (χ4v) is 3.64. The Labute approximate surface area is 161 Å². The van der Waals surface area contributed by atoms with Gasteiger partial charge in [-0.3, -0.25) is 19.4 Å². The van der Waals surface area contributed by atoms with Gasteiger partial charge in [0.2, 0.25) is 0 Å². The molecule has 0 spiro atoms. The zero-order valence-electron chi connectivity index (χ0n) is 16.0. The number of nitrogens with one attached hydrogen (secondary N) is 2. The highest BCUT2D eigenvalue weighted by Gasteiger charge is 2.21. The highest BCUT2D eigenvalue weighted by molar-refractivity contribution is 5.96. The van der Waals surface area contributed by atoms with E-state index in [0.29, 0.717) is 36.4 Å². The van der Waals surface area contributed by atoms with E-state index in [2.05, 4.69) is 10.3 Å². The van der Waals surface area contributed by atoms with Crippen LogP contribution < -0.4 is 16.4 Å². The minimum Gasteiger partial charge on any atom is -0.376 e. The number of fused-ring (bicyclic) bond motifs is 2. The summed E-state index contributed by atoms with van der Waals surface area (Å²) in [6, 6.07) is 5.16. The number of hydrogen-bond donors (Lipinski definition) is 2. The van der Waals surface area contributed by atoms with Crippen LogP contribution in [-0.4, -0.2) is 39.1 Å². The summed E-state index contributed by atoms with van der Waals surface area (Å²) < 4.78 is 8.85. The van der Waals surface area contributed by atoms with Crippen molar-refractivity contribution in [3.05, 3.63) is 51.4 Å². The van der Waals surface area contributed by atoms with E-state index in [1.807, 2.05) is 19.9 Å². The number of aryl methyl sites for hydroxylation is 1. The lowest BCUT2D eigenvalue weighted by molar-refractivity contribution is 0.0934. The molecule has 1 aliphatic heterocycles. The molecule has 4 heterocycles. The molecule has 2 N–H and O–H groups in total. The van der Waals surface area contributed by atoms with Crippen molar-refractivity contribution in [3.8, 4) is 0 Å². The van der Waals surface area contributed by atoms with Crippen molar-refractivity contribution in [3.63, 3.8) is 0 Å². The van der Waals surface area contributed by atoms with Crippen LogP contribution in [0, 0.1) is 12.3 Å². The van der Waals surface area contributed by atoms with E-state index in [4.69, 9.17) is 10.1 Å². The third kappa shape index (κ3) is 3.09. The summed E-state index contributed by atoms with van der Waals surface area (Å²) >= 11 is 0. The summed E-state index contributed by atoms with van der Waals surface area (Å²) in [5.41, 5.74) is 1.80. The number of ether oxygens (including phenoxy) is 1. The molecule has 1 unspecified atom stereocenters. The Morgan fingerprint density at radius 3 is 2.96 bits per heavy atom. The van der Waals surface area contributed by atoms with E-state index in [1.54, 1.807) is 16.8 Å². The first-order chi connectivity index (χ1) is 13.5.